The molecule has 0 radical (unpaired) electrons. The molecule has 2 amide bonds. The van der Waals surface area contributed by atoms with Crippen LogP contribution in [0.3, 0.4) is 0 Å². The van der Waals surface area contributed by atoms with Crippen molar-refractivity contribution in [3.63, 3.8) is 0 Å². The number of halogens is 3. The van der Waals surface area contributed by atoms with Gasteiger partial charge in [-0.25, -0.2) is 9.38 Å². The van der Waals surface area contributed by atoms with E-state index < -0.39 is 11.7 Å². The molecule has 3 aromatic carbocycles. The summed E-state index contributed by atoms with van der Waals surface area (Å²) in [5.41, 5.74) is 2.66. The lowest BCUT2D eigenvalue weighted by molar-refractivity contribution is -0.114. The number of aliphatic imine (C=N–C) groups is 1. The van der Waals surface area contributed by atoms with Gasteiger partial charge in [0.1, 0.15) is 11.5 Å². The molecule has 3 aromatic rings. The van der Waals surface area contributed by atoms with Gasteiger partial charge in [-0.1, -0.05) is 78.6 Å². The Morgan fingerprint density at radius 1 is 1.08 bits per heavy atom. The Hall–Kier alpha value is -3.13. The summed E-state index contributed by atoms with van der Waals surface area (Å²) < 4.78 is 14.6. The number of carbonyl (C=O) groups excluding carboxylic acids is 2. The maximum absolute atomic E-state index is 14.6. The summed E-state index contributed by atoms with van der Waals surface area (Å²) in [6.07, 6.45) is 4.78. The predicted molar refractivity (Wildman–Crippen MR) is 152 cm³/mol. The molecule has 0 saturated heterocycles. The topological polar surface area (TPSA) is 61.8 Å². The first-order valence-corrected chi connectivity index (χ1v) is 13.5. The number of hydrogen-bond donors (Lipinski definition) is 1. The van der Waals surface area contributed by atoms with Gasteiger partial charge in [0.05, 0.1) is 21.5 Å². The molecule has 0 unspecified atom stereocenters. The number of carbonyl (C=O) groups is 2. The number of nitrogens with one attached hydrogen (secondary N) is 1. The number of amides is 2. The number of nitrogens with zero attached hydrogens (tertiary/aromatic N) is 2. The molecule has 0 atom stereocenters. The van der Waals surface area contributed by atoms with E-state index >= 15 is 0 Å². The van der Waals surface area contributed by atoms with Gasteiger partial charge in [0.2, 0.25) is 5.91 Å². The first-order valence-electron chi connectivity index (χ1n) is 11.7. The van der Waals surface area contributed by atoms with Crippen molar-refractivity contribution >= 4 is 69.4 Å². The number of para-hydroxylation sites is 1. The van der Waals surface area contributed by atoms with Crippen LogP contribution in [0.5, 0.6) is 0 Å². The van der Waals surface area contributed by atoms with Crippen LogP contribution in [0.15, 0.2) is 77.4 Å². The highest BCUT2D eigenvalue weighted by Gasteiger charge is 2.34. The van der Waals surface area contributed by atoms with Crippen molar-refractivity contribution < 1.29 is 14.0 Å². The molecule has 0 fully saturated rings. The number of thioether (sulfide) groups is 1. The fraction of sp³-hybridized carbons (Fsp3) is 0.179. The Morgan fingerprint density at radius 2 is 1.84 bits per heavy atom. The van der Waals surface area contributed by atoms with Crippen LogP contribution in [0.1, 0.15) is 30.9 Å². The molecule has 1 aliphatic rings. The number of anilines is 2. The van der Waals surface area contributed by atoms with Crippen LogP contribution in [-0.4, -0.2) is 22.7 Å². The van der Waals surface area contributed by atoms with E-state index in [0.29, 0.717) is 21.3 Å². The number of hydrogen-bond acceptors (Lipinski definition) is 4. The standard InChI is InChI=1S/C28H24Cl2FN3O2S/c1-2-3-6-18-9-12-20(13-10-18)32-26(35)17-37-28-33-24(16-19-11-14-21(29)22(30)15-19)27(36)34(28)25-8-5-4-7-23(25)31/h4-5,7-16H,2-3,6,17H2,1H3,(H,32,35)/b24-16+. The molecule has 0 aromatic heterocycles. The smallest absolute Gasteiger partial charge is 0.283 e. The zero-order valence-electron chi connectivity index (χ0n) is 20.0. The second-order valence-electron chi connectivity index (χ2n) is 8.33. The highest BCUT2D eigenvalue weighted by molar-refractivity contribution is 8.14. The van der Waals surface area contributed by atoms with E-state index in [4.69, 9.17) is 23.2 Å². The van der Waals surface area contributed by atoms with E-state index in [1.165, 1.54) is 28.7 Å². The van der Waals surface area contributed by atoms with Gasteiger partial charge in [0.15, 0.2) is 5.17 Å². The quantitative estimate of drug-likeness (QED) is 0.291. The number of amidine groups is 1. The monoisotopic (exact) mass is 555 g/mol. The number of benzene rings is 3. The third-order valence-electron chi connectivity index (χ3n) is 5.56. The normalized spacial score (nSPS) is 14.3. The second kappa shape index (κ2) is 12.4. The van der Waals surface area contributed by atoms with Crippen molar-refractivity contribution in [2.24, 2.45) is 4.99 Å². The lowest BCUT2D eigenvalue weighted by Crippen LogP contribution is -2.32. The molecule has 0 saturated carbocycles. The Labute approximate surface area is 229 Å². The van der Waals surface area contributed by atoms with Crippen molar-refractivity contribution in [3.05, 3.63) is 99.4 Å². The molecule has 190 valence electrons. The van der Waals surface area contributed by atoms with Crippen LogP contribution in [0.25, 0.3) is 6.08 Å². The molecule has 1 aliphatic heterocycles. The Bertz CT molecular complexity index is 1380. The van der Waals surface area contributed by atoms with Gasteiger partial charge in [-0.3, -0.25) is 14.5 Å². The fourth-order valence-electron chi connectivity index (χ4n) is 3.66. The Kier molecular flexibility index (Phi) is 9.03. The van der Waals surface area contributed by atoms with E-state index in [2.05, 4.69) is 17.2 Å². The molecule has 0 bridgehead atoms. The van der Waals surface area contributed by atoms with Crippen molar-refractivity contribution in [2.45, 2.75) is 26.2 Å². The summed E-state index contributed by atoms with van der Waals surface area (Å²) in [6.45, 7) is 2.15. The van der Waals surface area contributed by atoms with Crippen LogP contribution in [0, 0.1) is 5.82 Å². The molecule has 5 nitrogen and oxygen atoms in total. The van der Waals surface area contributed by atoms with Crippen molar-refractivity contribution in [1.29, 1.82) is 0 Å². The average Bonchev–Trinajstić information content (AvgIpc) is 3.19. The average molecular weight is 556 g/mol. The van der Waals surface area contributed by atoms with Crippen LogP contribution in [-0.2, 0) is 16.0 Å². The van der Waals surface area contributed by atoms with Crippen molar-refractivity contribution in [2.75, 3.05) is 16.0 Å². The summed E-state index contributed by atoms with van der Waals surface area (Å²) in [5, 5.41) is 3.77. The molecular weight excluding hydrogens is 532 g/mol. The summed E-state index contributed by atoms with van der Waals surface area (Å²) in [5.74, 6) is -1.37. The molecular formula is C28H24Cl2FN3O2S. The number of rotatable bonds is 8. The molecule has 1 N–H and O–H groups in total. The SMILES string of the molecule is CCCCc1ccc(NC(=O)CSC2=N/C(=C/c3ccc(Cl)c(Cl)c3)C(=O)N2c2ccccc2F)cc1. The van der Waals surface area contributed by atoms with Gasteiger partial charge in [0.25, 0.3) is 5.91 Å². The van der Waals surface area contributed by atoms with Gasteiger partial charge in [0, 0.05) is 5.69 Å². The maximum atomic E-state index is 14.6. The zero-order valence-corrected chi connectivity index (χ0v) is 22.3. The Morgan fingerprint density at radius 3 is 2.54 bits per heavy atom. The highest BCUT2D eigenvalue weighted by Crippen LogP contribution is 2.32. The molecule has 4 rings (SSSR count). The summed E-state index contributed by atoms with van der Waals surface area (Å²) >= 11 is 13.1. The molecule has 0 aliphatic carbocycles. The van der Waals surface area contributed by atoms with Crippen molar-refractivity contribution in [3.8, 4) is 0 Å². The summed E-state index contributed by atoms with van der Waals surface area (Å²) in [4.78, 5) is 31.5. The lowest BCUT2D eigenvalue weighted by atomic mass is 10.1. The lowest BCUT2D eigenvalue weighted by Gasteiger charge is -2.18. The fourth-order valence-corrected chi connectivity index (χ4v) is 4.77. The minimum atomic E-state index is -0.576. The molecule has 37 heavy (non-hydrogen) atoms. The largest absolute Gasteiger partial charge is 0.325 e. The van der Waals surface area contributed by atoms with Crippen LogP contribution in [0.4, 0.5) is 15.8 Å². The first kappa shape index (κ1) is 26.9. The minimum Gasteiger partial charge on any atom is -0.325 e. The van der Waals surface area contributed by atoms with Crippen molar-refractivity contribution in [1.82, 2.24) is 0 Å². The maximum Gasteiger partial charge on any atom is 0.283 e. The van der Waals surface area contributed by atoms with Crippen LogP contribution >= 0.6 is 35.0 Å². The highest BCUT2D eigenvalue weighted by atomic mass is 35.5. The van der Waals surface area contributed by atoms with Crippen LogP contribution < -0.4 is 10.2 Å². The first-order chi connectivity index (χ1) is 17.9. The summed E-state index contributed by atoms with van der Waals surface area (Å²) in [7, 11) is 0. The third-order valence-corrected chi connectivity index (χ3v) is 7.24. The second-order valence-corrected chi connectivity index (χ2v) is 10.1. The van der Waals surface area contributed by atoms with E-state index in [1.54, 1.807) is 30.3 Å². The Balaban J connectivity index is 1.52. The third kappa shape index (κ3) is 6.80. The zero-order chi connectivity index (χ0) is 26.4. The van der Waals surface area contributed by atoms with Gasteiger partial charge in [-0.15, -0.1) is 0 Å². The van der Waals surface area contributed by atoms with E-state index in [1.807, 2.05) is 24.3 Å². The van der Waals surface area contributed by atoms with E-state index in [0.717, 1.165) is 31.0 Å². The number of aryl methyl sites for hydroxylation is 1. The van der Waals surface area contributed by atoms with Crippen LogP contribution in [0.2, 0.25) is 10.0 Å². The van der Waals surface area contributed by atoms with E-state index in [9.17, 15) is 14.0 Å². The number of unbranched alkanes of at least 4 members (excludes halogenated alkanes) is 1. The predicted octanol–water partition coefficient (Wildman–Crippen LogP) is 7.59. The molecule has 0 spiro atoms. The molecule has 1 heterocycles. The van der Waals surface area contributed by atoms with Gasteiger partial charge >= 0.3 is 0 Å². The van der Waals surface area contributed by atoms with Gasteiger partial charge in [-0.2, -0.15) is 0 Å². The summed E-state index contributed by atoms with van der Waals surface area (Å²) in [6, 6.07) is 18.6. The van der Waals surface area contributed by atoms with Gasteiger partial charge < -0.3 is 5.32 Å². The molecule has 9 heteroatoms. The van der Waals surface area contributed by atoms with Gasteiger partial charge in [-0.05, 0) is 66.4 Å². The van der Waals surface area contributed by atoms with E-state index in [-0.39, 0.29) is 28.2 Å². The minimum absolute atomic E-state index is 0.0191.